The molecule has 0 spiro atoms. The summed E-state index contributed by atoms with van der Waals surface area (Å²) in [5.41, 5.74) is 3.41. The van der Waals surface area contributed by atoms with E-state index in [0.29, 0.717) is 37.7 Å². The second-order valence-electron chi connectivity index (χ2n) is 8.85. The van der Waals surface area contributed by atoms with E-state index in [4.69, 9.17) is 9.47 Å². The standard InChI is InChI=1S/C25H33N3O5S/c1-19-6-9-24(20(2)16-19)33-18-25(29)26-22-17-21(34(30,31)28-12-14-32-15-13-28)7-8-23(22)27-10-4-3-5-11-27/h6-9,16-17H,3-5,10-15,18H2,1-2H3,(H,26,29). The Morgan fingerprint density at radius 3 is 2.44 bits per heavy atom. The van der Waals surface area contributed by atoms with Crippen molar-refractivity contribution in [3.05, 3.63) is 47.5 Å². The first-order valence-electron chi connectivity index (χ1n) is 11.8. The predicted octanol–water partition coefficient (Wildman–Crippen LogP) is 3.33. The minimum Gasteiger partial charge on any atom is -0.483 e. The van der Waals surface area contributed by atoms with Crippen LogP contribution in [-0.4, -0.2) is 64.6 Å². The van der Waals surface area contributed by atoms with Crippen molar-refractivity contribution in [2.45, 2.75) is 38.0 Å². The number of carbonyl (C=O) groups is 1. The Bertz CT molecular complexity index is 1120. The van der Waals surface area contributed by atoms with Crippen LogP contribution in [0.25, 0.3) is 0 Å². The lowest BCUT2D eigenvalue weighted by Gasteiger charge is -2.31. The lowest BCUT2D eigenvalue weighted by Crippen LogP contribution is -2.40. The normalized spacial score (nSPS) is 17.4. The fourth-order valence-electron chi connectivity index (χ4n) is 4.41. The third kappa shape index (κ3) is 5.71. The largest absolute Gasteiger partial charge is 0.483 e. The fourth-order valence-corrected chi connectivity index (χ4v) is 5.85. The Hall–Kier alpha value is -2.62. The van der Waals surface area contributed by atoms with Gasteiger partial charge in [0.25, 0.3) is 5.91 Å². The molecule has 0 aliphatic carbocycles. The lowest BCUT2D eigenvalue weighted by atomic mass is 10.1. The molecule has 2 aliphatic heterocycles. The van der Waals surface area contributed by atoms with Crippen LogP contribution in [0.1, 0.15) is 30.4 Å². The third-order valence-corrected chi connectivity index (χ3v) is 8.13. The average Bonchev–Trinajstić information content (AvgIpc) is 2.84. The number of anilines is 2. The number of piperidine rings is 1. The molecule has 1 amide bonds. The van der Waals surface area contributed by atoms with E-state index in [9.17, 15) is 13.2 Å². The van der Waals surface area contributed by atoms with Crippen molar-refractivity contribution in [1.82, 2.24) is 4.31 Å². The number of rotatable bonds is 7. The number of morpholine rings is 1. The molecular formula is C25H33N3O5S. The van der Waals surface area contributed by atoms with Gasteiger partial charge < -0.3 is 19.7 Å². The summed E-state index contributed by atoms with van der Waals surface area (Å²) in [5, 5.41) is 2.91. The molecule has 8 nitrogen and oxygen atoms in total. The maximum Gasteiger partial charge on any atom is 0.262 e. The lowest BCUT2D eigenvalue weighted by molar-refractivity contribution is -0.118. The molecule has 4 rings (SSSR count). The van der Waals surface area contributed by atoms with Gasteiger partial charge in [0.1, 0.15) is 5.75 Å². The van der Waals surface area contributed by atoms with Gasteiger partial charge in [-0.25, -0.2) is 8.42 Å². The third-order valence-electron chi connectivity index (χ3n) is 6.24. The number of carbonyl (C=O) groups excluding carboxylic acids is 1. The van der Waals surface area contributed by atoms with Crippen LogP contribution < -0.4 is 15.0 Å². The van der Waals surface area contributed by atoms with Gasteiger partial charge in [-0.05, 0) is 62.9 Å². The molecule has 0 bridgehead atoms. The van der Waals surface area contributed by atoms with E-state index in [1.807, 2.05) is 32.0 Å². The van der Waals surface area contributed by atoms with Crippen LogP contribution in [0.3, 0.4) is 0 Å². The molecule has 2 aromatic carbocycles. The van der Waals surface area contributed by atoms with Crippen LogP contribution in [0.15, 0.2) is 41.3 Å². The maximum absolute atomic E-state index is 13.2. The van der Waals surface area contributed by atoms with Crippen LogP contribution in [0, 0.1) is 13.8 Å². The summed E-state index contributed by atoms with van der Waals surface area (Å²) in [6.07, 6.45) is 3.31. The van der Waals surface area contributed by atoms with E-state index in [0.717, 1.165) is 42.7 Å². The van der Waals surface area contributed by atoms with Gasteiger partial charge in [0.2, 0.25) is 10.0 Å². The number of amides is 1. The minimum atomic E-state index is -3.68. The molecule has 2 aliphatic rings. The summed E-state index contributed by atoms with van der Waals surface area (Å²) >= 11 is 0. The van der Waals surface area contributed by atoms with Gasteiger partial charge in [-0.15, -0.1) is 0 Å². The number of aryl methyl sites for hydroxylation is 2. The molecule has 9 heteroatoms. The quantitative estimate of drug-likeness (QED) is 0.645. The molecule has 2 aromatic rings. The van der Waals surface area contributed by atoms with Crippen LogP contribution >= 0.6 is 0 Å². The second kappa shape index (κ2) is 10.8. The van der Waals surface area contributed by atoms with Gasteiger partial charge in [-0.2, -0.15) is 4.31 Å². The van der Waals surface area contributed by atoms with Crippen molar-refractivity contribution in [3.8, 4) is 5.75 Å². The molecule has 184 valence electrons. The smallest absolute Gasteiger partial charge is 0.262 e. The van der Waals surface area contributed by atoms with E-state index in [2.05, 4.69) is 10.2 Å². The number of sulfonamides is 1. The number of hydrogen-bond donors (Lipinski definition) is 1. The second-order valence-corrected chi connectivity index (χ2v) is 10.8. The SMILES string of the molecule is Cc1ccc(OCC(=O)Nc2cc(S(=O)(=O)N3CCOCC3)ccc2N2CCCCC2)c(C)c1. The summed E-state index contributed by atoms with van der Waals surface area (Å²) in [6.45, 7) is 6.93. The first-order chi connectivity index (χ1) is 16.3. The summed E-state index contributed by atoms with van der Waals surface area (Å²) in [5.74, 6) is 0.319. The van der Waals surface area contributed by atoms with Gasteiger partial charge in [0.15, 0.2) is 6.61 Å². The van der Waals surface area contributed by atoms with Crippen molar-refractivity contribution >= 4 is 27.3 Å². The summed E-state index contributed by atoms with van der Waals surface area (Å²) in [6, 6.07) is 10.8. The molecule has 0 atom stereocenters. The highest BCUT2D eigenvalue weighted by Gasteiger charge is 2.28. The maximum atomic E-state index is 13.2. The Labute approximate surface area is 201 Å². The van der Waals surface area contributed by atoms with Crippen molar-refractivity contribution < 1.29 is 22.7 Å². The van der Waals surface area contributed by atoms with Gasteiger partial charge >= 0.3 is 0 Å². The Balaban J connectivity index is 1.56. The number of nitrogens with zero attached hydrogens (tertiary/aromatic N) is 2. The predicted molar refractivity (Wildman–Crippen MR) is 132 cm³/mol. The topological polar surface area (TPSA) is 88.2 Å². The van der Waals surface area contributed by atoms with E-state index in [1.54, 1.807) is 18.2 Å². The van der Waals surface area contributed by atoms with E-state index >= 15 is 0 Å². The van der Waals surface area contributed by atoms with Crippen LogP contribution in [0.2, 0.25) is 0 Å². The van der Waals surface area contributed by atoms with Crippen molar-refractivity contribution in [2.24, 2.45) is 0 Å². The zero-order chi connectivity index (χ0) is 24.1. The van der Waals surface area contributed by atoms with Crippen LogP contribution in [0.4, 0.5) is 11.4 Å². The molecule has 1 N–H and O–H groups in total. The molecule has 0 aromatic heterocycles. The zero-order valence-electron chi connectivity index (χ0n) is 19.9. The molecule has 0 saturated carbocycles. The molecule has 2 heterocycles. The van der Waals surface area contributed by atoms with E-state index in [-0.39, 0.29) is 17.4 Å². The van der Waals surface area contributed by atoms with Crippen molar-refractivity contribution in [3.63, 3.8) is 0 Å². The average molecular weight is 488 g/mol. The minimum absolute atomic E-state index is 0.163. The summed E-state index contributed by atoms with van der Waals surface area (Å²) in [4.78, 5) is 15.2. The van der Waals surface area contributed by atoms with Gasteiger partial charge in [-0.3, -0.25) is 4.79 Å². The molecule has 2 fully saturated rings. The van der Waals surface area contributed by atoms with Crippen LogP contribution in [0.5, 0.6) is 5.75 Å². The molecule has 0 radical (unpaired) electrons. The monoisotopic (exact) mass is 487 g/mol. The van der Waals surface area contributed by atoms with Gasteiger partial charge in [-0.1, -0.05) is 17.7 Å². The van der Waals surface area contributed by atoms with E-state index < -0.39 is 10.0 Å². The summed E-state index contributed by atoms with van der Waals surface area (Å²) < 4.78 is 38.9. The molecule has 2 saturated heterocycles. The number of ether oxygens (including phenoxy) is 2. The van der Waals surface area contributed by atoms with Crippen LogP contribution in [-0.2, 0) is 19.6 Å². The Kier molecular flexibility index (Phi) is 7.75. The first-order valence-corrected chi connectivity index (χ1v) is 13.3. The Morgan fingerprint density at radius 1 is 1.00 bits per heavy atom. The van der Waals surface area contributed by atoms with Crippen molar-refractivity contribution in [1.29, 1.82) is 0 Å². The van der Waals surface area contributed by atoms with Crippen molar-refractivity contribution in [2.75, 3.05) is 56.2 Å². The molecule has 0 unspecified atom stereocenters. The molecular weight excluding hydrogens is 454 g/mol. The number of hydrogen-bond acceptors (Lipinski definition) is 6. The molecule has 34 heavy (non-hydrogen) atoms. The van der Waals surface area contributed by atoms with Gasteiger partial charge in [0.05, 0.1) is 29.5 Å². The fraction of sp³-hybridized carbons (Fsp3) is 0.480. The van der Waals surface area contributed by atoms with Gasteiger partial charge in [0, 0.05) is 26.2 Å². The highest BCUT2D eigenvalue weighted by Crippen LogP contribution is 2.32. The first kappa shape index (κ1) is 24.5. The number of benzene rings is 2. The highest BCUT2D eigenvalue weighted by molar-refractivity contribution is 7.89. The van der Waals surface area contributed by atoms with E-state index in [1.165, 1.54) is 10.7 Å². The Morgan fingerprint density at radius 2 is 1.74 bits per heavy atom. The summed E-state index contributed by atoms with van der Waals surface area (Å²) in [7, 11) is -3.68. The zero-order valence-corrected chi connectivity index (χ0v) is 20.7. The highest BCUT2D eigenvalue weighted by atomic mass is 32.2. The number of nitrogens with one attached hydrogen (secondary N) is 1.